The van der Waals surface area contributed by atoms with Crippen molar-refractivity contribution in [1.82, 2.24) is 25.1 Å². The lowest BCUT2D eigenvalue weighted by molar-refractivity contribution is -0.274. The van der Waals surface area contributed by atoms with E-state index >= 15 is 0 Å². The van der Waals surface area contributed by atoms with E-state index in [9.17, 15) is 18.0 Å². The van der Waals surface area contributed by atoms with Crippen molar-refractivity contribution >= 4 is 17.9 Å². The molecule has 3 aromatic heterocycles. The lowest BCUT2D eigenvalue weighted by atomic mass is 10.0. The van der Waals surface area contributed by atoms with Crippen LogP contribution in [0, 0.1) is 0 Å². The van der Waals surface area contributed by atoms with Crippen LogP contribution in [0.1, 0.15) is 17.2 Å². The van der Waals surface area contributed by atoms with Gasteiger partial charge in [0.1, 0.15) is 17.7 Å². The van der Waals surface area contributed by atoms with Gasteiger partial charge in [0.25, 0.3) is 0 Å². The summed E-state index contributed by atoms with van der Waals surface area (Å²) >= 11 is 6.12. The molecular formula is C23H15ClF3N5O2. The maximum atomic E-state index is 12.8. The first kappa shape index (κ1) is 22.1. The number of hydrogen-bond acceptors (Lipinski definition) is 6. The Balaban J connectivity index is 1.68. The zero-order valence-electron chi connectivity index (χ0n) is 17.3. The molecule has 1 N–H and O–H groups in total. The van der Waals surface area contributed by atoms with Crippen LogP contribution in [0.25, 0.3) is 28.3 Å². The van der Waals surface area contributed by atoms with Gasteiger partial charge < -0.3 is 9.53 Å². The Bertz CT molecular complexity index is 1380. The Kier molecular flexibility index (Phi) is 5.54. The molecule has 0 spiro atoms. The number of carbonyl (C=O) groups is 1. The molecule has 4 heterocycles. The minimum absolute atomic E-state index is 0.0639. The summed E-state index contributed by atoms with van der Waals surface area (Å²) in [7, 11) is 0. The Morgan fingerprint density at radius 2 is 2.03 bits per heavy atom. The average molecular weight is 486 g/mol. The van der Waals surface area contributed by atoms with Crippen LogP contribution in [0.5, 0.6) is 5.75 Å². The van der Waals surface area contributed by atoms with Crippen molar-refractivity contribution in [3.05, 3.63) is 77.2 Å². The number of halogens is 4. The molecule has 1 atom stereocenters. The summed E-state index contributed by atoms with van der Waals surface area (Å²) in [5, 5.41) is 7.86. The SMILES string of the molecule is O=CC1NCc2c1ccnc2-c1cc(-c2cc(Cl)cc(OC(F)(F)F)c2)n(-c2cccnc2)n1. The third-order valence-corrected chi connectivity index (χ3v) is 5.52. The first-order chi connectivity index (χ1) is 16.3. The molecule has 0 radical (unpaired) electrons. The molecule has 34 heavy (non-hydrogen) atoms. The fourth-order valence-electron chi connectivity index (χ4n) is 3.93. The Morgan fingerprint density at radius 3 is 2.76 bits per heavy atom. The van der Waals surface area contributed by atoms with E-state index in [0.29, 0.717) is 34.9 Å². The predicted molar refractivity (Wildman–Crippen MR) is 117 cm³/mol. The van der Waals surface area contributed by atoms with E-state index in [0.717, 1.165) is 23.5 Å². The van der Waals surface area contributed by atoms with Crippen molar-refractivity contribution in [2.75, 3.05) is 0 Å². The van der Waals surface area contributed by atoms with E-state index in [1.165, 1.54) is 12.1 Å². The van der Waals surface area contributed by atoms with Crippen molar-refractivity contribution in [2.24, 2.45) is 0 Å². The molecule has 1 aliphatic rings. The molecule has 0 saturated carbocycles. The third kappa shape index (κ3) is 4.25. The number of nitrogens with zero attached hydrogens (tertiary/aromatic N) is 4. The topological polar surface area (TPSA) is 81.9 Å². The summed E-state index contributed by atoms with van der Waals surface area (Å²) in [6.07, 6.45) is 0.718. The second-order valence-corrected chi connectivity index (χ2v) is 7.92. The number of rotatable bonds is 5. The van der Waals surface area contributed by atoms with Gasteiger partial charge in [0.05, 0.1) is 29.3 Å². The molecule has 0 saturated heterocycles. The average Bonchev–Trinajstić information content (AvgIpc) is 3.42. The highest BCUT2D eigenvalue weighted by molar-refractivity contribution is 6.31. The van der Waals surface area contributed by atoms with E-state index in [2.05, 4.69) is 25.1 Å². The maximum absolute atomic E-state index is 12.8. The van der Waals surface area contributed by atoms with E-state index in [4.69, 9.17) is 11.6 Å². The molecule has 0 amide bonds. The van der Waals surface area contributed by atoms with Gasteiger partial charge in [-0.25, -0.2) is 4.68 Å². The summed E-state index contributed by atoms with van der Waals surface area (Å²) in [6, 6.07) is 10.4. The minimum atomic E-state index is -4.87. The van der Waals surface area contributed by atoms with E-state index in [1.807, 2.05) is 0 Å². The quantitative estimate of drug-likeness (QED) is 0.405. The highest BCUT2D eigenvalue weighted by Gasteiger charge is 2.32. The van der Waals surface area contributed by atoms with Crippen LogP contribution in [0.15, 0.2) is 61.1 Å². The number of hydrogen-bond donors (Lipinski definition) is 1. The molecule has 11 heteroatoms. The summed E-state index contributed by atoms with van der Waals surface area (Å²) in [5.41, 5.74) is 4.06. The Labute approximate surface area is 196 Å². The highest BCUT2D eigenvalue weighted by atomic mass is 35.5. The normalized spacial score (nSPS) is 15.2. The van der Waals surface area contributed by atoms with Gasteiger partial charge in [-0.05, 0) is 53.6 Å². The molecule has 4 aromatic rings. The highest BCUT2D eigenvalue weighted by Crippen LogP contribution is 2.36. The number of nitrogens with one attached hydrogen (secondary N) is 1. The van der Waals surface area contributed by atoms with Gasteiger partial charge in [-0.3, -0.25) is 15.3 Å². The molecule has 0 fully saturated rings. The van der Waals surface area contributed by atoms with Gasteiger partial charge in [-0.2, -0.15) is 5.10 Å². The van der Waals surface area contributed by atoms with Gasteiger partial charge >= 0.3 is 6.36 Å². The minimum Gasteiger partial charge on any atom is -0.406 e. The summed E-state index contributed by atoms with van der Waals surface area (Å²) in [6.45, 7) is 0.428. The number of benzene rings is 1. The number of carbonyl (C=O) groups excluding carboxylic acids is 1. The van der Waals surface area contributed by atoms with Gasteiger partial charge in [0, 0.05) is 29.5 Å². The van der Waals surface area contributed by atoms with E-state index in [1.54, 1.807) is 47.5 Å². The van der Waals surface area contributed by atoms with Gasteiger partial charge in [0.2, 0.25) is 0 Å². The summed E-state index contributed by atoms with van der Waals surface area (Å²) < 4.78 is 44.1. The van der Waals surface area contributed by atoms with Crippen molar-refractivity contribution in [2.45, 2.75) is 18.9 Å². The molecule has 1 aliphatic heterocycles. The first-order valence-corrected chi connectivity index (χ1v) is 10.4. The van der Waals surface area contributed by atoms with E-state index < -0.39 is 18.2 Å². The van der Waals surface area contributed by atoms with Crippen LogP contribution < -0.4 is 10.1 Å². The van der Waals surface area contributed by atoms with Crippen LogP contribution in [-0.4, -0.2) is 32.4 Å². The van der Waals surface area contributed by atoms with Gasteiger partial charge in [0.15, 0.2) is 0 Å². The number of fused-ring (bicyclic) bond motifs is 1. The molecule has 1 aromatic carbocycles. The molecule has 1 unspecified atom stereocenters. The fourth-order valence-corrected chi connectivity index (χ4v) is 4.16. The predicted octanol–water partition coefficient (Wildman–Crippen LogP) is 4.89. The van der Waals surface area contributed by atoms with Gasteiger partial charge in [-0.1, -0.05) is 11.6 Å². The summed E-state index contributed by atoms with van der Waals surface area (Å²) in [4.78, 5) is 20.0. The lowest BCUT2D eigenvalue weighted by Gasteiger charge is -2.12. The third-order valence-electron chi connectivity index (χ3n) is 5.31. The molecule has 7 nitrogen and oxygen atoms in total. The second-order valence-electron chi connectivity index (χ2n) is 7.48. The van der Waals surface area contributed by atoms with Crippen LogP contribution in [0.3, 0.4) is 0 Å². The number of alkyl halides is 3. The first-order valence-electron chi connectivity index (χ1n) is 10.1. The number of pyridine rings is 2. The molecule has 172 valence electrons. The largest absolute Gasteiger partial charge is 0.573 e. The van der Waals surface area contributed by atoms with Crippen molar-refractivity contribution in [1.29, 1.82) is 0 Å². The summed E-state index contributed by atoms with van der Waals surface area (Å²) in [5.74, 6) is -0.452. The Hall–Kier alpha value is -3.76. The molecule has 5 rings (SSSR count). The van der Waals surface area contributed by atoms with E-state index in [-0.39, 0.29) is 5.02 Å². The van der Waals surface area contributed by atoms with Gasteiger partial charge in [-0.15, -0.1) is 13.2 Å². The second kappa shape index (κ2) is 8.54. The Morgan fingerprint density at radius 1 is 1.18 bits per heavy atom. The maximum Gasteiger partial charge on any atom is 0.573 e. The zero-order chi connectivity index (χ0) is 23.9. The van der Waals surface area contributed by atoms with Crippen LogP contribution in [-0.2, 0) is 11.3 Å². The molecular weight excluding hydrogens is 471 g/mol. The lowest BCUT2D eigenvalue weighted by Crippen LogP contribution is -2.17. The number of ether oxygens (including phenoxy) is 1. The number of aldehydes is 1. The number of aromatic nitrogens is 4. The van der Waals surface area contributed by atoms with Crippen molar-refractivity contribution < 1.29 is 22.7 Å². The zero-order valence-corrected chi connectivity index (χ0v) is 18.0. The van der Waals surface area contributed by atoms with Crippen molar-refractivity contribution in [3.8, 4) is 34.1 Å². The van der Waals surface area contributed by atoms with Crippen LogP contribution in [0.2, 0.25) is 5.02 Å². The monoisotopic (exact) mass is 485 g/mol. The smallest absolute Gasteiger partial charge is 0.406 e. The standard InChI is InChI=1S/C23H15ClF3N5O2/c24-14-6-13(7-16(8-14)34-23(25,26)27)21-9-19(31-32(21)15-2-1-4-28-10-15)22-18-11-30-20(12-33)17(18)3-5-29-22/h1-10,12,20,30H,11H2. The molecule has 0 aliphatic carbocycles. The fraction of sp³-hybridized carbons (Fsp3) is 0.130. The molecule has 0 bridgehead atoms. The van der Waals surface area contributed by atoms with Crippen LogP contribution >= 0.6 is 11.6 Å². The van der Waals surface area contributed by atoms with Crippen LogP contribution in [0.4, 0.5) is 13.2 Å². The van der Waals surface area contributed by atoms with Crippen molar-refractivity contribution in [3.63, 3.8) is 0 Å².